The molecule has 1 rings (SSSR count). The van der Waals surface area contributed by atoms with Crippen LogP contribution in [0.2, 0.25) is 0 Å². The summed E-state index contributed by atoms with van der Waals surface area (Å²) < 4.78 is 5.40. The molecule has 106 valence electrons. The topological polar surface area (TPSA) is 70.6 Å². The Morgan fingerprint density at radius 3 is 2.72 bits per heavy atom. The molecule has 0 aromatic rings. The first-order valence-electron chi connectivity index (χ1n) is 6.64. The van der Waals surface area contributed by atoms with Gasteiger partial charge in [0.1, 0.15) is 0 Å². The molecular weight excluding hydrogens is 232 g/mol. The van der Waals surface area contributed by atoms with Gasteiger partial charge in [-0.05, 0) is 32.6 Å². The van der Waals surface area contributed by atoms with Gasteiger partial charge in [-0.25, -0.2) is 0 Å². The van der Waals surface area contributed by atoms with Crippen molar-refractivity contribution in [2.45, 2.75) is 32.8 Å². The van der Waals surface area contributed by atoms with Crippen LogP contribution in [0, 0.1) is 11.3 Å². The Morgan fingerprint density at radius 1 is 1.50 bits per heavy atom. The highest BCUT2D eigenvalue weighted by molar-refractivity contribution is 5.81. The number of hydrogen-bond acceptors (Lipinski definition) is 4. The molecule has 0 heterocycles. The monoisotopic (exact) mass is 258 g/mol. The zero-order valence-corrected chi connectivity index (χ0v) is 11.7. The third-order valence-corrected chi connectivity index (χ3v) is 3.15. The molecular formula is C13H26N2O3. The molecule has 1 atom stereocenters. The fourth-order valence-corrected chi connectivity index (χ4v) is 1.68. The number of rotatable bonds is 9. The summed E-state index contributed by atoms with van der Waals surface area (Å²) in [4.78, 5) is 11.5. The van der Waals surface area contributed by atoms with Crippen LogP contribution in [0.15, 0.2) is 0 Å². The fourth-order valence-electron chi connectivity index (χ4n) is 1.68. The molecule has 0 saturated heterocycles. The Balaban J connectivity index is 2.05. The number of aliphatic hydroxyl groups excluding tert-OH is 1. The molecule has 3 N–H and O–H groups in total. The lowest BCUT2D eigenvalue weighted by Gasteiger charge is -2.23. The normalized spacial score (nSPS) is 17.6. The van der Waals surface area contributed by atoms with Gasteiger partial charge >= 0.3 is 0 Å². The second-order valence-corrected chi connectivity index (χ2v) is 5.73. The van der Waals surface area contributed by atoms with E-state index < -0.39 is 11.5 Å². The van der Waals surface area contributed by atoms with Crippen LogP contribution in [0.4, 0.5) is 0 Å². The molecule has 0 bridgehead atoms. The van der Waals surface area contributed by atoms with Crippen LogP contribution in [0.25, 0.3) is 0 Å². The number of carbonyl (C=O) groups is 1. The first kappa shape index (κ1) is 15.4. The third-order valence-electron chi connectivity index (χ3n) is 3.15. The Kier molecular flexibility index (Phi) is 6.05. The number of aliphatic hydroxyl groups is 1. The molecule has 5 heteroatoms. The van der Waals surface area contributed by atoms with E-state index in [1.807, 2.05) is 13.8 Å². The average Bonchev–Trinajstić information content (AvgIpc) is 3.11. The molecule has 0 radical (unpaired) electrons. The van der Waals surface area contributed by atoms with Gasteiger partial charge in [-0.3, -0.25) is 4.79 Å². The Morgan fingerprint density at radius 2 is 2.17 bits per heavy atom. The minimum absolute atomic E-state index is 0.00512. The van der Waals surface area contributed by atoms with Crippen LogP contribution in [0.3, 0.4) is 0 Å². The molecule has 1 aliphatic carbocycles. The molecule has 0 aromatic carbocycles. The fraction of sp³-hybridized carbons (Fsp3) is 0.923. The van der Waals surface area contributed by atoms with E-state index in [4.69, 9.17) is 4.74 Å². The molecule has 1 aliphatic rings. The Hall–Kier alpha value is -0.650. The highest BCUT2D eigenvalue weighted by Gasteiger charge is 2.26. The predicted molar refractivity (Wildman–Crippen MR) is 70.3 cm³/mol. The minimum Gasteiger partial charge on any atom is -0.389 e. The maximum atomic E-state index is 11.5. The highest BCUT2D eigenvalue weighted by atomic mass is 16.5. The smallest absolute Gasteiger partial charge is 0.226 e. The zero-order chi connectivity index (χ0) is 13.6. The largest absolute Gasteiger partial charge is 0.389 e. The molecule has 1 amide bonds. The quantitative estimate of drug-likeness (QED) is 0.550. The lowest BCUT2D eigenvalue weighted by atomic mass is 9.92. The summed E-state index contributed by atoms with van der Waals surface area (Å²) >= 11 is 0. The molecule has 1 saturated carbocycles. The lowest BCUT2D eigenvalue weighted by Crippen LogP contribution is -2.44. The second-order valence-electron chi connectivity index (χ2n) is 5.73. The van der Waals surface area contributed by atoms with E-state index in [0.717, 1.165) is 12.5 Å². The lowest BCUT2D eigenvalue weighted by molar-refractivity contribution is -0.128. The number of ether oxygens (including phenoxy) is 1. The van der Waals surface area contributed by atoms with Gasteiger partial charge < -0.3 is 20.5 Å². The standard InChI is InChI=1S/C13H26N2O3/c1-13(2,12(17)14-3)9-15-6-11(16)8-18-7-10-4-5-10/h10-11,15-16H,4-9H2,1-3H3,(H,14,17). The third kappa shape index (κ3) is 5.80. The van der Waals surface area contributed by atoms with Crippen molar-refractivity contribution >= 4 is 5.91 Å². The SMILES string of the molecule is CNC(=O)C(C)(C)CNCC(O)COCC1CC1. The van der Waals surface area contributed by atoms with E-state index in [0.29, 0.717) is 19.7 Å². The van der Waals surface area contributed by atoms with Gasteiger partial charge in [0.25, 0.3) is 0 Å². The van der Waals surface area contributed by atoms with Crippen molar-refractivity contribution in [3.63, 3.8) is 0 Å². The van der Waals surface area contributed by atoms with Crippen molar-refractivity contribution < 1.29 is 14.6 Å². The maximum absolute atomic E-state index is 11.5. The summed E-state index contributed by atoms with van der Waals surface area (Å²) in [6, 6.07) is 0. The maximum Gasteiger partial charge on any atom is 0.226 e. The van der Waals surface area contributed by atoms with Crippen LogP contribution in [0.1, 0.15) is 26.7 Å². The van der Waals surface area contributed by atoms with E-state index in [1.54, 1.807) is 7.05 Å². The van der Waals surface area contributed by atoms with Gasteiger partial charge in [-0.1, -0.05) is 0 Å². The number of hydrogen-bond donors (Lipinski definition) is 3. The van der Waals surface area contributed by atoms with Crippen LogP contribution in [-0.2, 0) is 9.53 Å². The van der Waals surface area contributed by atoms with Gasteiger partial charge in [-0.15, -0.1) is 0 Å². The van der Waals surface area contributed by atoms with Gasteiger partial charge in [0.2, 0.25) is 5.91 Å². The second kappa shape index (κ2) is 7.07. The van der Waals surface area contributed by atoms with Crippen LogP contribution >= 0.6 is 0 Å². The molecule has 18 heavy (non-hydrogen) atoms. The first-order valence-corrected chi connectivity index (χ1v) is 6.64. The van der Waals surface area contributed by atoms with Crippen molar-refractivity contribution in [2.24, 2.45) is 11.3 Å². The van der Waals surface area contributed by atoms with Crippen molar-refractivity contribution in [1.29, 1.82) is 0 Å². The van der Waals surface area contributed by atoms with E-state index in [1.165, 1.54) is 12.8 Å². The number of carbonyl (C=O) groups excluding carboxylic acids is 1. The van der Waals surface area contributed by atoms with E-state index in [-0.39, 0.29) is 5.91 Å². The number of nitrogens with one attached hydrogen (secondary N) is 2. The van der Waals surface area contributed by atoms with Crippen molar-refractivity contribution in [1.82, 2.24) is 10.6 Å². The molecule has 5 nitrogen and oxygen atoms in total. The molecule has 1 unspecified atom stereocenters. The highest BCUT2D eigenvalue weighted by Crippen LogP contribution is 2.28. The Labute approximate surface area is 109 Å². The summed E-state index contributed by atoms with van der Waals surface area (Å²) in [6.45, 7) is 5.85. The van der Waals surface area contributed by atoms with Crippen LogP contribution in [-0.4, -0.2) is 50.5 Å². The van der Waals surface area contributed by atoms with E-state index in [2.05, 4.69) is 10.6 Å². The summed E-state index contributed by atoms with van der Waals surface area (Å²) in [5, 5.41) is 15.4. The van der Waals surface area contributed by atoms with Crippen molar-refractivity contribution in [3.05, 3.63) is 0 Å². The predicted octanol–water partition coefficient (Wildman–Crippen LogP) is 0.136. The van der Waals surface area contributed by atoms with E-state index in [9.17, 15) is 9.90 Å². The van der Waals surface area contributed by atoms with Gasteiger partial charge in [-0.2, -0.15) is 0 Å². The molecule has 0 aliphatic heterocycles. The number of amides is 1. The van der Waals surface area contributed by atoms with Crippen LogP contribution in [0.5, 0.6) is 0 Å². The molecule has 0 aromatic heterocycles. The van der Waals surface area contributed by atoms with Gasteiger partial charge in [0, 0.05) is 26.7 Å². The van der Waals surface area contributed by atoms with Gasteiger partial charge in [0.15, 0.2) is 0 Å². The zero-order valence-electron chi connectivity index (χ0n) is 11.7. The summed E-state index contributed by atoms with van der Waals surface area (Å²) in [6.07, 6.45) is 2.01. The van der Waals surface area contributed by atoms with E-state index >= 15 is 0 Å². The minimum atomic E-state index is -0.510. The Bertz CT molecular complexity index is 265. The first-order chi connectivity index (χ1) is 8.45. The summed E-state index contributed by atoms with van der Waals surface area (Å²) in [5.74, 6) is 0.715. The van der Waals surface area contributed by atoms with Gasteiger partial charge in [0.05, 0.1) is 18.1 Å². The average molecular weight is 258 g/mol. The van der Waals surface area contributed by atoms with Crippen LogP contribution < -0.4 is 10.6 Å². The van der Waals surface area contributed by atoms with Crippen molar-refractivity contribution in [2.75, 3.05) is 33.4 Å². The molecule has 1 fully saturated rings. The summed E-state index contributed by atoms with van der Waals surface area (Å²) in [5.41, 5.74) is -0.469. The van der Waals surface area contributed by atoms with Crippen molar-refractivity contribution in [3.8, 4) is 0 Å². The molecule has 0 spiro atoms. The summed E-state index contributed by atoms with van der Waals surface area (Å²) in [7, 11) is 1.63.